The fourth-order valence-electron chi connectivity index (χ4n) is 3.10. The van der Waals surface area contributed by atoms with Crippen molar-refractivity contribution < 1.29 is 9.47 Å². The van der Waals surface area contributed by atoms with Crippen LogP contribution in [0.15, 0.2) is 18.2 Å². The predicted molar refractivity (Wildman–Crippen MR) is 82.4 cm³/mol. The molecule has 0 aromatic heterocycles. The summed E-state index contributed by atoms with van der Waals surface area (Å²) in [6.45, 7) is 4.31. The van der Waals surface area contributed by atoms with Crippen molar-refractivity contribution in [3.05, 3.63) is 23.8 Å². The highest BCUT2D eigenvalue weighted by Crippen LogP contribution is 2.35. The van der Waals surface area contributed by atoms with Crippen LogP contribution in [-0.4, -0.2) is 20.8 Å². The van der Waals surface area contributed by atoms with Crippen LogP contribution in [0.5, 0.6) is 11.5 Å². The Balaban J connectivity index is 1.92. The Kier molecular flexibility index (Phi) is 5.30. The number of rotatable bonds is 6. The van der Waals surface area contributed by atoms with E-state index in [4.69, 9.17) is 9.47 Å². The summed E-state index contributed by atoms with van der Waals surface area (Å²) in [7, 11) is 3.41. The molecule has 1 aromatic rings. The number of methoxy groups -OCH3 is 2. The fourth-order valence-corrected chi connectivity index (χ4v) is 3.10. The molecule has 3 nitrogen and oxygen atoms in total. The average molecular weight is 277 g/mol. The second kappa shape index (κ2) is 6.98. The standard InChI is InChI=1S/C17H27NO2/c1-17(9-5-4-6-10-17)13-18-12-14-11-15(19-2)7-8-16(14)20-3/h7-8,11,18H,4-6,9-10,12-13H2,1-3H3. The van der Waals surface area contributed by atoms with E-state index < -0.39 is 0 Å². The minimum Gasteiger partial charge on any atom is -0.497 e. The van der Waals surface area contributed by atoms with Crippen molar-refractivity contribution in [2.24, 2.45) is 5.41 Å². The van der Waals surface area contributed by atoms with Gasteiger partial charge in [-0.15, -0.1) is 0 Å². The summed E-state index contributed by atoms with van der Waals surface area (Å²) in [5, 5.41) is 3.60. The van der Waals surface area contributed by atoms with Crippen molar-refractivity contribution in [1.29, 1.82) is 0 Å². The Morgan fingerprint density at radius 2 is 1.85 bits per heavy atom. The van der Waals surface area contributed by atoms with Crippen LogP contribution < -0.4 is 14.8 Å². The molecule has 1 aliphatic rings. The van der Waals surface area contributed by atoms with E-state index in [0.717, 1.165) is 30.2 Å². The first kappa shape index (κ1) is 15.2. The monoisotopic (exact) mass is 277 g/mol. The maximum absolute atomic E-state index is 5.42. The smallest absolute Gasteiger partial charge is 0.123 e. The zero-order valence-electron chi connectivity index (χ0n) is 13.0. The number of hydrogen-bond acceptors (Lipinski definition) is 3. The van der Waals surface area contributed by atoms with Gasteiger partial charge in [0.25, 0.3) is 0 Å². The molecule has 3 heteroatoms. The van der Waals surface area contributed by atoms with E-state index in [-0.39, 0.29) is 0 Å². The molecular weight excluding hydrogens is 250 g/mol. The Morgan fingerprint density at radius 1 is 1.10 bits per heavy atom. The molecule has 1 aromatic carbocycles. The third-order valence-corrected chi connectivity index (χ3v) is 4.42. The number of benzene rings is 1. The molecule has 0 aliphatic heterocycles. The molecular formula is C17H27NO2. The van der Waals surface area contributed by atoms with E-state index in [1.807, 2.05) is 12.1 Å². The number of hydrogen-bond donors (Lipinski definition) is 1. The summed E-state index contributed by atoms with van der Waals surface area (Å²) in [5.74, 6) is 1.80. The lowest BCUT2D eigenvalue weighted by atomic mass is 9.76. The Morgan fingerprint density at radius 3 is 2.50 bits per heavy atom. The Hall–Kier alpha value is -1.22. The van der Waals surface area contributed by atoms with E-state index in [1.165, 1.54) is 32.1 Å². The first-order valence-corrected chi connectivity index (χ1v) is 7.58. The van der Waals surface area contributed by atoms with Crippen molar-refractivity contribution in [2.75, 3.05) is 20.8 Å². The molecule has 20 heavy (non-hydrogen) atoms. The highest BCUT2D eigenvalue weighted by molar-refractivity contribution is 5.40. The third kappa shape index (κ3) is 3.89. The fraction of sp³-hybridized carbons (Fsp3) is 0.647. The molecule has 0 unspecified atom stereocenters. The highest BCUT2D eigenvalue weighted by atomic mass is 16.5. The largest absolute Gasteiger partial charge is 0.497 e. The van der Waals surface area contributed by atoms with E-state index >= 15 is 0 Å². The molecule has 1 N–H and O–H groups in total. The third-order valence-electron chi connectivity index (χ3n) is 4.42. The molecule has 1 fully saturated rings. The van der Waals surface area contributed by atoms with Crippen LogP contribution in [0.2, 0.25) is 0 Å². The van der Waals surface area contributed by atoms with Gasteiger partial charge in [-0.3, -0.25) is 0 Å². The molecule has 112 valence electrons. The van der Waals surface area contributed by atoms with Crippen LogP contribution in [0.4, 0.5) is 0 Å². The molecule has 0 atom stereocenters. The second-order valence-corrected chi connectivity index (χ2v) is 6.15. The topological polar surface area (TPSA) is 30.5 Å². The maximum atomic E-state index is 5.42. The van der Waals surface area contributed by atoms with E-state index in [0.29, 0.717) is 5.41 Å². The SMILES string of the molecule is COc1ccc(OC)c(CNCC2(C)CCCCC2)c1. The molecule has 0 radical (unpaired) electrons. The van der Waals surface area contributed by atoms with Crippen molar-refractivity contribution >= 4 is 0 Å². The number of nitrogens with one attached hydrogen (secondary N) is 1. The quantitative estimate of drug-likeness (QED) is 0.858. The summed E-state index contributed by atoms with van der Waals surface area (Å²) in [4.78, 5) is 0. The van der Waals surface area contributed by atoms with Crippen molar-refractivity contribution in [3.63, 3.8) is 0 Å². The van der Waals surface area contributed by atoms with E-state index in [2.05, 4.69) is 18.3 Å². The molecule has 1 saturated carbocycles. The minimum atomic E-state index is 0.463. The second-order valence-electron chi connectivity index (χ2n) is 6.15. The molecule has 1 aliphatic carbocycles. The van der Waals surface area contributed by atoms with Gasteiger partial charge in [0.2, 0.25) is 0 Å². The minimum absolute atomic E-state index is 0.463. The van der Waals surface area contributed by atoms with E-state index in [1.54, 1.807) is 14.2 Å². The lowest BCUT2D eigenvalue weighted by Crippen LogP contribution is -2.33. The molecule has 2 rings (SSSR count). The van der Waals surface area contributed by atoms with Crippen molar-refractivity contribution in [2.45, 2.75) is 45.6 Å². The summed E-state index contributed by atoms with van der Waals surface area (Å²) in [5.41, 5.74) is 1.62. The molecule has 0 amide bonds. The maximum Gasteiger partial charge on any atom is 0.123 e. The van der Waals surface area contributed by atoms with Crippen LogP contribution >= 0.6 is 0 Å². The normalized spacial score (nSPS) is 17.8. The van der Waals surface area contributed by atoms with Crippen LogP contribution in [0.1, 0.15) is 44.6 Å². The average Bonchev–Trinajstić information content (AvgIpc) is 2.47. The zero-order chi connectivity index (χ0) is 14.4. The van der Waals surface area contributed by atoms with Gasteiger partial charge in [-0.05, 0) is 36.5 Å². The van der Waals surface area contributed by atoms with Crippen LogP contribution in [0, 0.1) is 5.41 Å². The predicted octanol–water partition coefficient (Wildman–Crippen LogP) is 3.76. The molecule has 0 saturated heterocycles. The van der Waals surface area contributed by atoms with Gasteiger partial charge in [0.15, 0.2) is 0 Å². The first-order valence-electron chi connectivity index (χ1n) is 7.58. The van der Waals surface area contributed by atoms with Gasteiger partial charge in [0, 0.05) is 18.7 Å². The van der Waals surface area contributed by atoms with Crippen LogP contribution in [-0.2, 0) is 6.54 Å². The van der Waals surface area contributed by atoms with Gasteiger partial charge in [-0.25, -0.2) is 0 Å². The van der Waals surface area contributed by atoms with Crippen molar-refractivity contribution in [3.8, 4) is 11.5 Å². The van der Waals surface area contributed by atoms with Gasteiger partial charge < -0.3 is 14.8 Å². The molecule has 0 spiro atoms. The van der Waals surface area contributed by atoms with Crippen LogP contribution in [0.25, 0.3) is 0 Å². The molecule has 0 heterocycles. The van der Waals surface area contributed by atoms with Gasteiger partial charge in [-0.2, -0.15) is 0 Å². The molecule has 0 bridgehead atoms. The van der Waals surface area contributed by atoms with Crippen molar-refractivity contribution in [1.82, 2.24) is 5.32 Å². The Bertz CT molecular complexity index is 425. The summed E-state index contributed by atoms with van der Waals surface area (Å²) < 4.78 is 10.7. The first-order chi connectivity index (χ1) is 9.67. The van der Waals surface area contributed by atoms with E-state index in [9.17, 15) is 0 Å². The lowest BCUT2D eigenvalue weighted by molar-refractivity contribution is 0.207. The Labute approximate surface area is 122 Å². The highest BCUT2D eigenvalue weighted by Gasteiger charge is 2.26. The van der Waals surface area contributed by atoms with Gasteiger partial charge in [0.05, 0.1) is 14.2 Å². The van der Waals surface area contributed by atoms with Gasteiger partial charge >= 0.3 is 0 Å². The van der Waals surface area contributed by atoms with Gasteiger partial charge in [0.1, 0.15) is 11.5 Å². The zero-order valence-corrected chi connectivity index (χ0v) is 13.0. The van der Waals surface area contributed by atoms with Gasteiger partial charge in [-0.1, -0.05) is 26.2 Å². The van der Waals surface area contributed by atoms with Crippen LogP contribution in [0.3, 0.4) is 0 Å². The lowest BCUT2D eigenvalue weighted by Gasteiger charge is -2.33. The summed E-state index contributed by atoms with van der Waals surface area (Å²) in [6, 6.07) is 5.96. The number of ether oxygens (including phenoxy) is 2. The summed E-state index contributed by atoms with van der Waals surface area (Å²) >= 11 is 0. The summed E-state index contributed by atoms with van der Waals surface area (Å²) in [6.07, 6.45) is 6.84.